The van der Waals surface area contributed by atoms with Crippen molar-refractivity contribution in [2.75, 3.05) is 13.2 Å². The number of pyridine rings is 1. The molecule has 0 aliphatic carbocycles. The Balaban J connectivity index is 1.64. The van der Waals surface area contributed by atoms with Crippen LogP contribution in [0, 0.1) is 6.92 Å². The number of halogens is 1. The van der Waals surface area contributed by atoms with E-state index in [1.54, 1.807) is 25.1 Å². The van der Waals surface area contributed by atoms with E-state index in [0.717, 1.165) is 11.1 Å². The zero-order valence-electron chi connectivity index (χ0n) is 15.9. The van der Waals surface area contributed by atoms with E-state index in [1.165, 1.54) is 0 Å². The molecule has 0 radical (unpaired) electrons. The molecule has 0 spiro atoms. The number of aromatic nitrogens is 2. The molecule has 1 saturated heterocycles. The molecule has 7 nitrogen and oxygen atoms in total. The van der Waals surface area contributed by atoms with Crippen molar-refractivity contribution in [3.8, 4) is 28.2 Å². The van der Waals surface area contributed by atoms with Crippen LogP contribution in [0.2, 0.25) is 5.02 Å². The molecule has 1 aliphatic heterocycles. The molecule has 1 aliphatic rings. The predicted octanol–water partition coefficient (Wildman–Crippen LogP) is 3.10. The van der Waals surface area contributed by atoms with E-state index in [4.69, 9.17) is 20.9 Å². The lowest BCUT2D eigenvalue weighted by molar-refractivity contribution is -0.265. The van der Waals surface area contributed by atoms with Gasteiger partial charge in [-0.15, -0.1) is 0 Å². The molecule has 2 aromatic heterocycles. The van der Waals surface area contributed by atoms with Gasteiger partial charge in [-0.2, -0.15) is 0 Å². The van der Waals surface area contributed by atoms with Gasteiger partial charge in [0.05, 0.1) is 29.5 Å². The molecule has 1 fully saturated rings. The van der Waals surface area contributed by atoms with Gasteiger partial charge in [0.2, 0.25) is 0 Å². The maximum atomic E-state index is 13.1. The summed E-state index contributed by atoms with van der Waals surface area (Å²) in [4.78, 5) is 15.2. The number of ether oxygens (including phenoxy) is 1. The van der Waals surface area contributed by atoms with Crippen molar-refractivity contribution in [1.82, 2.24) is 10.1 Å². The van der Waals surface area contributed by atoms with Crippen molar-refractivity contribution < 1.29 is 19.5 Å². The summed E-state index contributed by atoms with van der Waals surface area (Å²) in [5, 5.41) is 27.9. The molecule has 0 atom stereocenters. The molecule has 152 valence electrons. The van der Waals surface area contributed by atoms with Gasteiger partial charge < -0.3 is 24.5 Å². The van der Waals surface area contributed by atoms with Gasteiger partial charge >= 0.3 is 0 Å². The van der Waals surface area contributed by atoms with Gasteiger partial charge in [-0.1, -0.05) is 46.8 Å². The second-order valence-corrected chi connectivity index (χ2v) is 7.88. The van der Waals surface area contributed by atoms with Crippen LogP contribution in [0.4, 0.5) is 0 Å². The molecule has 0 unspecified atom stereocenters. The highest BCUT2D eigenvalue weighted by atomic mass is 35.5. The number of nitrogens with zero attached hydrogens (tertiary/aromatic N) is 1. The molecule has 8 heteroatoms. The maximum Gasteiger partial charge on any atom is 0.258 e. The smallest absolute Gasteiger partial charge is 0.258 e. The quantitative estimate of drug-likeness (QED) is 0.523. The van der Waals surface area contributed by atoms with Crippen molar-refractivity contribution in [1.29, 1.82) is 0 Å². The van der Waals surface area contributed by atoms with Gasteiger partial charge in [-0.05, 0) is 35.6 Å². The van der Waals surface area contributed by atoms with Crippen LogP contribution in [-0.4, -0.2) is 28.5 Å². The summed E-state index contributed by atoms with van der Waals surface area (Å²) in [7, 11) is 0. The minimum atomic E-state index is -0.961. The highest BCUT2D eigenvalue weighted by Crippen LogP contribution is 2.38. The molecule has 0 amide bonds. The lowest BCUT2D eigenvalue weighted by atomic mass is 9.90. The van der Waals surface area contributed by atoms with Crippen LogP contribution < -0.4 is 10.7 Å². The van der Waals surface area contributed by atoms with Gasteiger partial charge in [0, 0.05) is 17.1 Å². The molecular formula is C22H16ClN2O5-. The third-order valence-electron chi connectivity index (χ3n) is 5.34. The minimum absolute atomic E-state index is 0.0982. The van der Waals surface area contributed by atoms with Crippen LogP contribution in [0.5, 0.6) is 5.75 Å². The standard InChI is InChI=1S/C22H17ClN2O5/c1-11-6-18(30-25-11)19-20(26)15-7-14(16(23)8-17(15)24-21(19)27)12-2-4-13(5-3-12)22(28)9-29-10-22/h2-8,28H,9-10H2,1H3,(H2,24,26,27)/p-1. The average Bonchev–Trinajstić information content (AvgIpc) is 3.11. The average molecular weight is 424 g/mol. The van der Waals surface area contributed by atoms with Gasteiger partial charge in [0.25, 0.3) is 5.56 Å². The Bertz CT molecular complexity index is 1340. The Morgan fingerprint density at radius 1 is 1.20 bits per heavy atom. The number of benzene rings is 2. The van der Waals surface area contributed by atoms with Gasteiger partial charge in [-0.25, -0.2) is 0 Å². The number of nitrogens with one attached hydrogen (secondary N) is 1. The first-order valence-electron chi connectivity index (χ1n) is 9.27. The van der Waals surface area contributed by atoms with Gasteiger partial charge in [0.1, 0.15) is 5.60 Å². The van der Waals surface area contributed by atoms with Gasteiger partial charge in [-0.3, -0.25) is 4.79 Å². The lowest BCUT2D eigenvalue weighted by Gasteiger charge is -2.36. The normalized spacial score (nSPS) is 15.3. The molecule has 3 heterocycles. The summed E-state index contributed by atoms with van der Waals surface area (Å²) in [5.74, 6) is -0.335. The van der Waals surface area contributed by atoms with Crippen molar-refractivity contribution in [2.24, 2.45) is 0 Å². The lowest BCUT2D eigenvalue weighted by Crippen LogP contribution is -2.46. The van der Waals surface area contributed by atoms with E-state index >= 15 is 0 Å². The summed E-state index contributed by atoms with van der Waals surface area (Å²) in [5.41, 5.74) is 1.46. The highest BCUT2D eigenvalue weighted by Gasteiger charge is 2.37. The summed E-state index contributed by atoms with van der Waals surface area (Å²) >= 11 is 6.45. The first-order valence-corrected chi connectivity index (χ1v) is 9.65. The fourth-order valence-electron chi connectivity index (χ4n) is 3.64. The Morgan fingerprint density at radius 3 is 2.53 bits per heavy atom. The third kappa shape index (κ3) is 2.90. The second-order valence-electron chi connectivity index (χ2n) is 7.47. The summed E-state index contributed by atoms with van der Waals surface area (Å²) in [6, 6.07) is 12.0. The zero-order valence-corrected chi connectivity index (χ0v) is 16.6. The molecule has 0 bridgehead atoms. The highest BCUT2D eigenvalue weighted by molar-refractivity contribution is 6.34. The number of hydrogen-bond donors (Lipinski definition) is 2. The van der Waals surface area contributed by atoms with E-state index in [1.807, 2.05) is 24.3 Å². The molecule has 4 aromatic rings. The number of aryl methyl sites for hydroxylation is 1. The molecule has 0 saturated carbocycles. The number of rotatable bonds is 3. The molecule has 2 aromatic carbocycles. The SMILES string of the molecule is Cc1cc(-c2c([O-])c3cc(-c4ccc(C5(O)COC5)cc4)c(Cl)cc3[nH]c2=O)on1. The number of fused-ring (bicyclic) bond motifs is 1. The summed E-state index contributed by atoms with van der Waals surface area (Å²) in [6.07, 6.45) is 0. The minimum Gasteiger partial charge on any atom is -0.871 e. The Labute approximate surface area is 175 Å². The van der Waals surface area contributed by atoms with Crippen molar-refractivity contribution in [3.05, 3.63) is 69.1 Å². The number of H-pyrrole nitrogens is 1. The van der Waals surface area contributed by atoms with Crippen LogP contribution in [0.3, 0.4) is 0 Å². The molecule has 5 rings (SSSR count). The van der Waals surface area contributed by atoms with E-state index < -0.39 is 16.9 Å². The third-order valence-corrected chi connectivity index (χ3v) is 5.66. The van der Waals surface area contributed by atoms with E-state index in [-0.39, 0.29) is 24.5 Å². The topological polar surface area (TPSA) is 111 Å². The van der Waals surface area contributed by atoms with Gasteiger partial charge in [0.15, 0.2) is 5.76 Å². The Kier molecular flexibility index (Phi) is 4.21. The number of aliphatic hydroxyl groups is 1. The Morgan fingerprint density at radius 2 is 1.93 bits per heavy atom. The van der Waals surface area contributed by atoms with Crippen LogP contribution in [0.25, 0.3) is 33.4 Å². The van der Waals surface area contributed by atoms with Crippen molar-refractivity contribution >= 4 is 22.5 Å². The van der Waals surface area contributed by atoms with Crippen molar-refractivity contribution in [2.45, 2.75) is 12.5 Å². The fraction of sp³-hybridized carbons (Fsp3) is 0.182. The summed E-state index contributed by atoms with van der Waals surface area (Å²) < 4.78 is 10.2. The first-order chi connectivity index (χ1) is 14.4. The van der Waals surface area contributed by atoms with Crippen LogP contribution in [0.15, 0.2) is 51.8 Å². The fourth-order valence-corrected chi connectivity index (χ4v) is 3.91. The number of aromatic amines is 1. The predicted molar refractivity (Wildman–Crippen MR) is 109 cm³/mol. The van der Waals surface area contributed by atoms with Crippen molar-refractivity contribution in [3.63, 3.8) is 0 Å². The second kappa shape index (κ2) is 6.70. The Hall–Kier alpha value is -3.13. The van der Waals surface area contributed by atoms with E-state index in [2.05, 4.69) is 10.1 Å². The van der Waals surface area contributed by atoms with Crippen LogP contribution in [-0.2, 0) is 10.3 Å². The first kappa shape index (κ1) is 18.9. The largest absolute Gasteiger partial charge is 0.871 e. The van der Waals surface area contributed by atoms with E-state index in [9.17, 15) is 15.0 Å². The molecule has 2 N–H and O–H groups in total. The van der Waals surface area contributed by atoms with Crippen LogP contribution >= 0.6 is 11.6 Å². The molecular weight excluding hydrogens is 408 g/mol. The maximum absolute atomic E-state index is 13.1. The zero-order chi connectivity index (χ0) is 21.0. The van der Waals surface area contributed by atoms with E-state index in [0.29, 0.717) is 27.2 Å². The molecule has 30 heavy (non-hydrogen) atoms. The number of hydrogen-bond acceptors (Lipinski definition) is 6. The van der Waals surface area contributed by atoms with Crippen LogP contribution in [0.1, 0.15) is 11.3 Å². The monoisotopic (exact) mass is 423 g/mol. The summed E-state index contributed by atoms with van der Waals surface area (Å²) in [6.45, 7) is 2.24.